The molecule has 1 aromatic heterocycles. The molecule has 0 spiro atoms. The van der Waals surface area contributed by atoms with Crippen LogP contribution in [0.2, 0.25) is 0 Å². The monoisotopic (exact) mass is 416 g/mol. The van der Waals surface area contributed by atoms with Gasteiger partial charge in [0.05, 0.1) is 30.0 Å². The Labute approximate surface area is 173 Å². The zero-order valence-electron chi connectivity index (χ0n) is 16.7. The van der Waals surface area contributed by atoms with E-state index in [0.29, 0.717) is 21.9 Å². The Balaban J connectivity index is 2.19. The van der Waals surface area contributed by atoms with Gasteiger partial charge < -0.3 is 14.0 Å². The minimum Gasteiger partial charge on any atom is -0.493 e. The Bertz CT molecular complexity index is 1080. The number of hydrogen-bond donors (Lipinski definition) is 0. The van der Waals surface area contributed by atoms with Crippen LogP contribution in [0.25, 0.3) is 10.2 Å². The number of thioether (sulfide) groups is 1. The fraction of sp³-hybridized carbons (Fsp3) is 0.333. The molecule has 3 aromatic rings. The van der Waals surface area contributed by atoms with Gasteiger partial charge in [0.15, 0.2) is 16.3 Å². The maximum absolute atomic E-state index is 13.0. The second-order valence-corrected chi connectivity index (χ2v) is 8.38. The van der Waals surface area contributed by atoms with Crippen LogP contribution in [0.3, 0.4) is 0 Å². The van der Waals surface area contributed by atoms with E-state index in [1.807, 2.05) is 0 Å². The fourth-order valence-electron chi connectivity index (χ4n) is 3.20. The quantitative estimate of drug-likeness (QED) is 0.596. The Morgan fingerprint density at radius 2 is 2.00 bits per heavy atom. The molecule has 0 radical (unpaired) electrons. The van der Waals surface area contributed by atoms with Gasteiger partial charge >= 0.3 is 0 Å². The number of carbonyl (C=O) groups is 1. The van der Waals surface area contributed by atoms with E-state index in [2.05, 4.69) is 41.8 Å². The van der Waals surface area contributed by atoms with Crippen molar-refractivity contribution in [3.05, 3.63) is 51.8 Å². The lowest BCUT2D eigenvalue weighted by Crippen LogP contribution is -2.18. The van der Waals surface area contributed by atoms with Gasteiger partial charge in [0, 0.05) is 12.3 Å². The van der Waals surface area contributed by atoms with Crippen LogP contribution >= 0.6 is 23.1 Å². The summed E-state index contributed by atoms with van der Waals surface area (Å²) in [4.78, 5) is 18.2. The van der Waals surface area contributed by atoms with Gasteiger partial charge in [-0.25, -0.2) is 0 Å². The summed E-state index contributed by atoms with van der Waals surface area (Å²) >= 11 is 3.32. The van der Waals surface area contributed by atoms with Gasteiger partial charge in [0.1, 0.15) is 0 Å². The highest BCUT2D eigenvalue weighted by Crippen LogP contribution is 2.31. The van der Waals surface area contributed by atoms with Crippen LogP contribution in [-0.4, -0.2) is 36.7 Å². The Kier molecular flexibility index (Phi) is 6.46. The zero-order chi connectivity index (χ0) is 20.3. The van der Waals surface area contributed by atoms with Crippen molar-refractivity contribution in [2.24, 2.45) is 4.99 Å². The molecule has 0 unspecified atom stereocenters. The van der Waals surface area contributed by atoms with Crippen molar-refractivity contribution in [1.29, 1.82) is 0 Å². The lowest BCUT2D eigenvalue weighted by molar-refractivity contribution is 0.0994. The third kappa shape index (κ3) is 3.95. The summed E-state index contributed by atoms with van der Waals surface area (Å²) in [6.45, 7) is 4.99. The van der Waals surface area contributed by atoms with Crippen molar-refractivity contribution in [3.63, 3.8) is 0 Å². The summed E-state index contributed by atoms with van der Waals surface area (Å²) in [5.74, 6) is 1.53. The van der Waals surface area contributed by atoms with Crippen molar-refractivity contribution >= 4 is 39.2 Å². The molecule has 7 heteroatoms. The van der Waals surface area contributed by atoms with Gasteiger partial charge in [0.2, 0.25) is 0 Å². The summed E-state index contributed by atoms with van der Waals surface area (Å²) in [6.07, 6.45) is 2.08. The number of benzene rings is 2. The van der Waals surface area contributed by atoms with E-state index >= 15 is 0 Å². The normalized spacial score (nSPS) is 11.8. The largest absolute Gasteiger partial charge is 0.493 e. The van der Waals surface area contributed by atoms with Gasteiger partial charge in [-0.3, -0.25) is 4.79 Å². The average molecular weight is 417 g/mol. The number of para-hydroxylation sites is 1. The summed E-state index contributed by atoms with van der Waals surface area (Å²) in [5.41, 5.74) is 3.92. The first-order valence-corrected chi connectivity index (χ1v) is 11.1. The predicted molar refractivity (Wildman–Crippen MR) is 117 cm³/mol. The van der Waals surface area contributed by atoms with E-state index in [4.69, 9.17) is 9.47 Å². The number of methoxy groups -OCH3 is 2. The molecule has 0 saturated heterocycles. The van der Waals surface area contributed by atoms with Crippen molar-refractivity contribution in [2.45, 2.75) is 20.4 Å². The summed E-state index contributed by atoms with van der Waals surface area (Å²) in [6, 6.07) is 9.56. The van der Waals surface area contributed by atoms with E-state index in [1.165, 1.54) is 18.2 Å². The fourth-order valence-corrected chi connectivity index (χ4v) is 4.67. The number of nitrogens with zero attached hydrogens (tertiary/aromatic N) is 2. The van der Waals surface area contributed by atoms with Crippen LogP contribution in [-0.2, 0) is 6.54 Å². The first kappa shape index (κ1) is 20.5. The number of carbonyl (C=O) groups excluding carboxylic acids is 1. The minimum atomic E-state index is -0.338. The van der Waals surface area contributed by atoms with Gasteiger partial charge in [-0.1, -0.05) is 23.5 Å². The van der Waals surface area contributed by atoms with Crippen molar-refractivity contribution < 1.29 is 14.3 Å². The lowest BCUT2D eigenvalue weighted by Gasteiger charge is -2.10. The molecule has 1 heterocycles. The molecule has 148 valence electrons. The van der Waals surface area contributed by atoms with Gasteiger partial charge in [-0.05, 0) is 49.4 Å². The molecular formula is C21H24N2O3S2. The van der Waals surface area contributed by atoms with E-state index in [0.717, 1.165) is 22.5 Å². The third-order valence-electron chi connectivity index (χ3n) is 4.46. The second kappa shape index (κ2) is 8.84. The smallest absolute Gasteiger partial charge is 0.283 e. The second-order valence-electron chi connectivity index (χ2n) is 6.42. The molecule has 0 bridgehead atoms. The van der Waals surface area contributed by atoms with E-state index in [1.54, 1.807) is 48.4 Å². The number of thiazole rings is 1. The lowest BCUT2D eigenvalue weighted by atomic mass is 10.1. The molecule has 0 N–H and O–H groups in total. The van der Waals surface area contributed by atoms with Crippen molar-refractivity contribution in [3.8, 4) is 11.5 Å². The maximum Gasteiger partial charge on any atom is 0.283 e. The third-order valence-corrected chi connectivity index (χ3v) is 6.28. The Hall–Kier alpha value is -2.25. The molecule has 28 heavy (non-hydrogen) atoms. The SMILES string of the molecule is COc1cccc(C(=O)N=c2sc3c(C)cc(C)cc3n2CCSC)c1OC. The van der Waals surface area contributed by atoms with E-state index in [9.17, 15) is 4.79 Å². The van der Waals surface area contributed by atoms with Crippen LogP contribution in [0.15, 0.2) is 35.3 Å². The number of rotatable bonds is 6. The molecule has 2 aromatic carbocycles. The maximum atomic E-state index is 13.0. The summed E-state index contributed by atoms with van der Waals surface area (Å²) < 4.78 is 14.0. The minimum absolute atomic E-state index is 0.338. The van der Waals surface area contributed by atoms with Gasteiger partial charge in [-0.2, -0.15) is 16.8 Å². The molecular weight excluding hydrogens is 392 g/mol. The number of aromatic nitrogens is 1. The van der Waals surface area contributed by atoms with Crippen LogP contribution in [0.1, 0.15) is 21.5 Å². The molecule has 1 amide bonds. The molecule has 5 nitrogen and oxygen atoms in total. The highest BCUT2D eigenvalue weighted by Gasteiger charge is 2.17. The van der Waals surface area contributed by atoms with Crippen LogP contribution in [0.5, 0.6) is 11.5 Å². The first-order valence-electron chi connectivity index (χ1n) is 8.89. The molecule has 0 aliphatic rings. The Morgan fingerprint density at radius 1 is 1.21 bits per heavy atom. The number of aryl methyl sites for hydroxylation is 3. The van der Waals surface area contributed by atoms with Crippen molar-refractivity contribution in [2.75, 3.05) is 26.2 Å². The number of hydrogen-bond acceptors (Lipinski definition) is 5. The molecule has 0 fully saturated rings. The predicted octanol–water partition coefficient (Wildman–Crippen LogP) is 4.44. The first-order chi connectivity index (χ1) is 13.5. The van der Waals surface area contributed by atoms with Gasteiger partial charge in [0.25, 0.3) is 5.91 Å². The Morgan fingerprint density at radius 3 is 2.68 bits per heavy atom. The number of fused-ring (bicyclic) bond motifs is 1. The highest BCUT2D eigenvalue weighted by atomic mass is 32.2. The topological polar surface area (TPSA) is 52.8 Å². The molecule has 3 rings (SSSR count). The van der Waals surface area contributed by atoms with Crippen LogP contribution in [0, 0.1) is 13.8 Å². The molecule has 0 saturated carbocycles. The van der Waals surface area contributed by atoms with Crippen molar-refractivity contribution in [1.82, 2.24) is 4.57 Å². The standard InChI is InChI=1S/C21H24N2O3S2/c1-13-11-14(2)19-16(12-13)23(9-10-27-5)21(28-19)22-20(24)15-7-6-8-17(25-3)18(15)26-4/h6-8,11-12H,9-10H2,1-5H3. The number of amides is 1. The summed E-state index contributed by atoms with van der Waals surface area (Å²) in [7, 11) is 3.08. The zero-order valence-corrected chi connectivity index (χ0v) is 18.4. The van der Waals surface area contributed by atoms with Gasteiger partial charge in [-0.15, -0.1) is 0 Å². The number of ether oxygens (including phenoxy) is 2. The van der Waals surface area contributed by atoms with Crippen LogP contribution < -0.4 is 14.3 Å². The summed E-state index contributed by atoms with van der Waals surface area (Å²) in [5, 5.41) is 0. The average Bonchev–Trinajstić information content (AvgIpc) is 3.02. The van der Waals surface area contributed by atoms with E-state index in [-0.39, 0.29) is 5.91 Å². The molecule has 0 aliphatic carbocycles. The molecule has 0 atom stereocenters. The van der Waals surface area contributed by atoms with Crippen LogP contribution in [0.4, 0.5) is 0 Å². The van der Waals surface area contributed by atoms with E-state index < -0.39 is 0 Å². The highest BCUT2D eigenvalue weighted by molar-refractivity contribution is 7.98. The molecule has 0 aliphatic heterocycles.